The lowest BCUT2D eigenvalue weighted by atomic mass is 9.78. The van der Waals surface area contributed by atoms with Crippen LogP contribution in [0.15, 0.2) is 36.4 Å². The summed E-state index contributed by atoms with van der Waals surface area (Å²) in [7, 11) is 1.69. The van der Waals surface area contributed by atoms with Crippen molar-refractivity contribution in [1.82, 2.24) is 4.90 Å². The lowest BCUT2D eigenvalue weighted by molar-refractivity contribution is -0.122. The van der Waals surface area contributed by atoms with Gasteiger partial charge in [0.1, 0.15) is 0 Å². The highest BCUT2D eigenvalue weighted by Gasteiger charge is 2.33. The van der Waals surface area contributed by atoms with Crippen LogP contribution < -0.4 is 5.32 Å². The minimum absolute atomic E-state index is 0.0193. The molecule has 2 atom stereocenters. The van der Waals surface area contributed by atoms with E-state index in [1.807, 2.05) is 0 Å². The van der Waals surface area contributed by atoms with Gasteiger partial charge in [-0.15, -0.1) is 0 Å². The van der Waals surface area contributed by atoms with Gasteiger partial charge in [-0.25, -0.2) is 0 Å². The average Bonchev–Trinajstić information content (AvgIpc) is 2.77. The fourth-order valence-corrected chi connectivity index (χ4v) is 4.57. The van der Waals surface area contributed by atoms with Gasteiger partial charge in [-0.2, -0.15) is 0 Å². The number of rotatable bonds is 6. The van der Waals surface area contributed by atoms with Crippen molar-refractivity contribution in [1.29, 1.82) is 0 Å². The maximum absolute atomic E-state index is 13.0. The average molecular weight is 463 g/mol. The van der Waals surface area contributed by atoms with Gasteiger partial charge in [0.05, 0.1) is 15.6 Å². The number of anilines is 1. The van der Waals surface area contributed by atoms with Gasteiger partial charge < -0.3 is 15.3 Å². The van der Waals surface area contributed by atoms with Crippen molar-refractivity contribution in [3.63, 3.8) is 0 Å². The summed E-state index contributed by atoms with van der Waals surface area (Å²) in [6.45, 7) is 0.404. The predicted molar refractivity (Wildman–Crippen MR) is 121 cm³/mol. The number of phenols is 1. The van der Waals surface area contributed by atoms with Crippen LogP contribution in [-0.4, -0.2) is 41.7 Å². The van der Waals surface area contributed by atoms with Crippen LogP contribution in [0.3, 0.4) is 0 Å². The van der Waals surface area contributed by atoms with Crippen LogP contribution in [0.2, 0.25) is 10.0 Å². The van der Waals surface area contributed by atoms with Gasteiger partial charge >= 0.3 is 0 Å². The molecule has 0 bridgehead atoms. The Morgan fingerprint density at radius 1 is 1.16 bits per heavy atom. The number of benzene rings is 2. The predicted octanol–water partition coefficient (Wildman–Crippen LogP) is 5.03. The molecule has 2 aromatic rings. The maximum Gasteiger partial charge on any atom is 0.254 e. The Hall–Kier alpha value is -2.57. The molecule has 164 valence electrons. The molecule has 1 aliphatic rings. The van der Waals surface area contributed by atoms with Gasteiger partial charge in [0, 0.05) is 30.8 Å². The number of amides is 2. The second-order valence-electron chi connectivity index (χ2n) is 7.82. The summed E-state index contributed by atoms with van der Waals surface area (Å²) >= 11 is 11.9. The van der Waals surface area contributed by atoms with Gasteiger partial charge in [0.25, 0.3) is 5.91 Å². The molecule has 2 aromatic carbocycles. The number of carbonyl (C=O) groups excluding carboxylic acids is 3. The molecule has 1 aliphatic carbocycles. The first-order chi connectivity index (χ1) is 14.8. The number of nitrogens with one attached hydrogen (secondary N) is 1. The number of aromatic hydroxyl groups is 1. The number of aldehydes is 1. The van der Waals surface area contributed by atoms with Crippen LogP contribution in [0.1, 0.15) is 46.4 Å². The first-order valence-corrected chi connectivity index (χ1v) is 10.9. The van der Waals surface area contributed by atoms with Crippen molar-refractivity contribution in [2.24, 2.45) is 11.8 Å². The van der Waals surface area contributed by atoms with E-state index >= 15 is 0 Å². The number of nitrogens with zero attached hydrogens (tertiary/aromatic N) is 1. The summed E-state index contributed by atoms with van der Waals surface area (Å²) in [5.41, 5.74) is 1.11. The van der Waals surface area contributed by atoms with Gasteiger partial charge in [-0.3, -0.25) is 14.4 Å². The third-order valence-electron chi connectivity index (χ3n) is 5.70. The second kappa shape index (κ2) is 10.2. The van der Waals surface area contributed by atoms with Crippen LogP contribution in [0, 0.1) is 11.8 Å². The molecule has 0 saturated heterocycles. The topological polar surface area (TPSA) is 86.7 Å². The van der Waals surface area contributed by atoms with Crippen LogP contribution in [-0.2, 0) is 4.79 Å². The second-order valence-corrected chi connectivity index (χ2v) is 8.63. The number of hydrogen-bond donors (Lipinski definition) is 2. The van der Waals surface area contributed by atoms with Crippen molar-refractivity contribution in [3.8, 4) is 5.75 Å². The van der Waals surface area contributed by atoms with Crippen molar-refractivity contribution in [2.45, 2.75) is 25.7 Å². The fourth-order valence-electron chi connectivity index (χ4n) is 4.08. The molecule has 8 heteroatoms. The van der Waals surface area contributed by atoms with E-state index in [2.05, 4.69) is 5.32 Å². The number of halogens is 2. The van der Waals surface area contributed by atoms with Crippen molar-refractivity contribution < 1.29 is 19.5 Å². The summed E-state index contributed by atoms with van der Waals surface area (Å²) in [6.07, 6.45) is 4.12. The molecule has 6 nitrogen and oxygen atoms in total. The monoisotopic (exact) mass is 462 g/mol. The van der Waals surface area contributed by atoms with Gasteiger partial charge in [0.2, 0.25) is 5.91 Å². The van der Waals surface area contributed by atoms with E-state index in [-0.39, 0.29) is 39.4 Å². The fraction of sp³-hybridized carbons (Fsp3) is 0.348. The van der Waals surface area contributed by atoms with Crippen molar-refractivity contribution >= 4 is 47.0 Å². The first kappa shape index (κ1) is 23.1. The maximum atomic E-state index is 13.0. The normalized spacial score (nSPS) is 18.3. The molecule has 3 rings (SSSR count). The quantitative estimate of drug-likeness (QED) is 0.465. The zero-order valence-electron chi connectivity index (χ0n) is 17.1. The van der Waals surface area contributed by atoms with Crippen molar-refractivity contribution in [2.75, 3.05) is 18.9 Å². The molecule has 0 radical (unpaired) electrons. The van der Waals surface area contributed by atoms with Crippen LogP contribution in [0.25, 0.3) is 0 Å². The van der Waals surface area contributed by atoms with E-state index in [9.17, 15) is 19.5 Å². The molecular formula is C23H24Cl2N2O4. The Bertz CT molecular complexity index is 972. The highest BCUT2D eigenvalue weighted by Crippen LogP contribution is 2.36. The lowest BCUT2D eigenvalue weighted by Gasteiger charge is -2.33. The van der Waals surface area contributed by atoms with E-state index in [0.29, 0.717) is 36.1 Å². The van der Waals surface area contributed by atoms with Crippen molar-refractivity contribution in [3.05, 3.63) is 57.6 Å². The largest absolute Gasteiger partial charge is 0.505 e. The zero-order chi connectivity index (χ0) is 22.5. The molecule has 31 heavy (non-hydrogen) atoms. The minimum atomic E-state index is -0.281. The smallest absolute Gasteiger partial charge is 0.254 e. The highest BCUT2D eigenvalue weighted by molar-refractivity contribution is 6.37. The zero-order valence-corrected chi connectivity index (χ0v) is 18.6. The number of hydrogen-bond acceptors (Lipinski definition) is 4. The summed E-state index contributed by atoms with van der Waals surface area (Å²) in [6, 6.07) is 9.57. The van der Waals surface area contributed by atoms with Gasteiger partial charge in [0.15, 0.2) is 12.0 Å². The summed E-state index contributed by atoms with van der Waals surface area (Å²) < 4.78 is 0. The van der Waals surface area contributed by atoms with E-state index in [1.54, 1.807) is 36.2 Å². The molecule has 2 N–H and O–H groups in total. The number of carbonyl (C=O) groups is 3. The standard InChI is InChI=1S/C23H24Cl2N2O4/c1-27(23(31)18-9-5-3-7-15(18)13-28)12-14-6-2-4-8-17(14)22(30)26-16-10-19(24)21(29)20(25)11-16/h3,5,7,9-11,13-14,17,29H,2,4,6,8,12H2,1H3,(H,26,30). The van der Waals surface area contributed by atoms with Gasteiger partial charge in [-0.05, 0) is 37.0 Å². The summed E-state index contributed by atoms with van der Waals surface area (Å²) in [5, 5.41) is 12.7. The Morgan fingerprint density at radius 3 is 2.48 bits per heavy atom. The third kappa shape index (κ3) is 5.38. The number of phenolic OH excluding ortho intramolecular Hbond substituents is 1. The Morgan fingerprint density at radius 2 is 1.81 bits per heavy atom. The highest BCUT2D eigenvalue weighted by atomic mass is 35.5. The Kier molecular flexibility index (Phi) is 7.57. The molecule has 0 heterocycles. The first-order valence-electron chi connectivity index (χ1n) is 10.1. The Balaban J connectivity index is 1.72. The van der Waals surface area contributed by atoms with Crippen LogP contribution in [0.5, 0.6) is 5.75 Å². The molecule has 1 fully saturated rings. The lowest BCUT2D eigenvalue weighted by Crippen LogP contribution is -2.40. The molecule has 2 unspecified atom stereocenters. The molecule has 2 amide bonds. The van der Waals surface area contributed by atoms with E-state index in [0.717, 1.165) is 19.3 Å². The van der Waals surface area contributed by atoms with Crippen LogP contribution >= 0.6 is 23.2 Å². The van der Waals surface area contributed by atoms with E-state index in [1.165, 1.54) is 12.1 Å². The molecule has 1 saturated carbocycles. The molecule has 0 aromatic heterocycles. The molecular weight excluding hydrogens is 439 g/mol. The SMILES string of the molecule is CN(CC1CCCCC1C(=O)Nc1cc(Cl)c(O)c(Cl)c1)C(=O)c1ccccc1C=O. The van der Waals surface area contributed by atoms with E-state index < -0.39 is 0 Å². The summed E-state index contributed by atoms with van der Waals surface area (Å²) in [4.78, 5) is 38.7. The third-order valence-corrected chi connectivity index (χ3v) is 6.28. The minimum Gasteiger partial charge on any atom is -0.505 e. The molecule has 0 spiro atoms. The molecule has 0 aliphatic heterocycles. The Labute approximate surface area is 191 Å². The van der Waals surface area contributed by atoms with E-state index in [4.69, 9.17) is 23.2 Å². The summed E-state index contributed by atoms with van der Waals surface area (Å²) in [5.74, 6) is -0.945. The van der Waals surface area contributed by atoms with Gasteiger partial charge in [-0.1, -0.05) is 54.2 Å². The van der Waals surface area contributed by atoms with Crippen LogP contribution in [0.4, 0.5) is 5.69 Å².